The second-order valence-corrected chi connectivity index (χ2v) is 5.74. The van der Waals surface area contributed by atoms with Crippen LogP contribution in [0.3, 0.4) is 0 Å². The molecule has 3 nitrogen and oxygen atoms in total. The van der Waals surface area contributed by atoms with Gasteiger partial charge in [0.25, 0.3) is 0 Å². The normalized spacial score (nSPS) is 18.8. The summed E-state index contributed by atoms with van der Waals surface area (Å²) in [5.41, 5.74) is 1.49. The first kappa shape index (κ1) is 15.0. The predicted molar refractivity (Wildman–Crippen MR) is 80.6 cm³/mol. The van der Waals surface area contributed by atoms with Crippen LogP contribution >= 0.6 is 0 Å². The smallest absolute Gasteiger partial charge is 0.330 e. The summed E-state index contributed by atoms with van der Waals surface area (Å²) in [6.07, 6.45) is 5.47. The second kappa shape index (κ2) is 6.40. The quantitative estimate of drug-likeness (QED) is 0.838. The number of rotatable bonds is 5. The maximum absolute atomic E-state index is 12.5. The van der Waals surface area contributed by atoms with Crippen molar-refractivity contribution in [3.05, 3.63) is 35.4 Å². The highest BCUT2D eigenvalue weighted by Gasteiger charge is 2.41. The van der Waals surface area contributed by atoms with Crippen LogP contribution in [0, 0.1) is 6.92 Å². The molecule has 0 saturated heterocycles. The second-order valence-electron chi connectivity index (χ2n) is 5.74. The Morgan fingerprint density at radius 1 is 1.30 bits per heavy atom. The van der Waals surface area contributed by atoms with E-state index in [2.05, 4.69) is 24.4 Å². The first-order valence-electron chi connectivity index (χ1n) is 7.55. The van der Waals surface area contributed by atoms with Crippen LogP contribution in [-0.4, -0.2) is 19.1 Å². The van der Waals surface area contributed by atoms with Gasteiger partial charge in [0.15, 0.2) is 0 Å². The molecule has 1 aliphatic carbocycles. The van der Waals surface area contributed by atoms with Gasteiger partial charge in [-0.25, -0.2) is 4.79 Å². The Kier molecular flexibility index (Phi) is 4.81. The number of carbonyl (C=O) groups excluding carboxylic acids is 1. The van der Waals surface area contributed by atoms with Crippen molar-refractivity contribution in [1.29, 1.82) is 0 Å². The molecule has 1 fully saturated rings. The molecule has 1 atom stereocenters. The molecule has 0 spiro atoms. The highest BCUT2D eigenvalue weighted by Crippen LogP contribution is 2.31. The van der Waals surface area contributed by atoms with Gasteiger partial charge in [0, 0.05) is 6.04 Å². The lowest BCUT2D eigenvalue weighted by Crippen LogP contribution is -2.53. The topological polar surface area (TPSA) is 38.3 Å². The molecule has 0 radical (unpaired) electrons. The molecule has 1 aromatic carbocycles. The summed E-state index contributed by atoms with van der Waals surface area (Å²) in [6, 6.07) is 8.60. The number of hydrogen-bond donors (Lipinski definition) is 1. The summed E-state index contributed by atoms with van der Waals surface area (Å²) in [4.78, 5) is 12.5. The van der Waals surface area contributed by atoms with E-state index in [-0.39, 0.29) is 5.97 Å². The van der Waals surface area contributed by atoms with Crippen LogP contribution in [0.4, 0.5) is 0 Å². The van der Waals surface area contributed by atoms with E-state index in [9.17, 15) is 4.79 Å². The fourth-order valence-corrected chi connectivity index (χ4v) is 3.14. The van der Waals surface area contributed by atoms with Crippen LogP contribution in [0.2, 0.25) is 0 Å². The molecule has 1 N–H and O–H groups in total. The highest BCUT2D eigenvalue weighted by atomic mass is 16.5. The molecule has 0 amide bonds. The third kappa shape index (κ3) is 2.88. The maximum atomic E-state index is 12.5. The van der Waals surface area contributed by atoms with Gasteiger partial charge in [-0.15, -0.1) is 0 Å². The summed E-state index contributed by atoms with van der Waals surface area (Å²) in [7, 11) is 1.47. The largest absolute Gasteiger partial charge is 0.467 e. The molecular formula is C17H25NO2. The van der Waals surface area contributed by atoms with Crippen LogP contribution in [0.25, 0.3) is 0 Å². The van der Waals surface area contributed by atoms with Gasteiger partial charge in [0.2, 0.25) is 0 Å². The van der Waals surface area contributed by atoms with E-state index in [0.717, 1.165) is 18.4 Å². The molecule has 1 unspecified atom stereocenters. The van der Waals surface area contributed by atoms with E-state index in [4.69, 9.17) is 4.74 Å². The number of methoxy groups -OCH3 is 1. The lowest BCUT2D eigenvalue weighted by molar-refractivity contribution is -0.149. The molecule has 0 aromatic heterocycles. The van der Waals surface area contributed by atoms with Crippen molar-refractivity contribution in [2.45, 2.75) is 57.5 Å². The summed E-state index contributed by atoms with van der Waals surface area (Å²) >= 11 is 0. The zero-order chi connectivity index (χ0) is 14.6. The molecule has 1 saturated carbocycles. The van der Waals surface area contributed by atoms with Crippen LogP contribution in [-0.2, 0) is 15.1 Å². The van der Waals surface area contributed by atoms with E-state index in [1.54, 1.807) is 0 Å². The minimum Gasteiger partial charge on any atom is -0.467 e. The van der Waals surface area contributed by atoms with Gasteiger partial charge in [-0.3, -0.25) is 5.32 Å². The molecule has 1 aliphatic rings. The van der Waals surface area contributed by atoms with Crippen LogP contribution in [0.5, 0.6) is 0 Å². The average molecular weight is 275 g/mol. The van der Waals surface area contributed by atoms with Crippen molar-refractivity contribution in [3.8, 4) is 0 Å². The predicted octanol–water partition coefficient (Wildman–Crippen LogP) is 3.31. The molecule has 0 heterocycles. The van der Waals surface area contributed by atoms with Gasteiger partial charge in [-0.2, -0.15) is 0 Å². The van der Waals surface area contributed by atoms with Gasteiger partial charge >= 0.3 is 5.97 Å². The van der Waals surface area contributed by atoms with E-state index in [1.165, 1.54) is 25.5 Å². The molecule has 3 heteroatoms. The number of ether oxygens (including phenoxy) is 1. The number of aryl methyl sites for hydroxylation is 1. The van der Waals surface area contributed by atoms with Gasteiger partial charge < -0.3 is 4.74 Å². The number of nitrogens with one attached hydrogen (secondary N) is 1. The summed E-state index contributed by atoms with van der Waals surface area (Å²) in [6.45, 7) is 4.10. The van der Waals surface area contributed by atoms with Crippen molar-refractivity contribution in [1.82, 2.24) is 5.32 Å². The monoisotopic (exact) mass is 275 g/mol. The number of hydrogen-bond acceptors (Lipinski definition) is 3. The van der Waals surface area contributed by atoms with Gasteiger partial charge in [-0.05, 0) is 31.7 Å². The third-order valence-electron chi connectivity index (χ3n) is 4.41. The van der Waals surface area contributed by atoms with Crippen LogP contribution < -0.4 is 5.32 Å². The van der Waals surface area contributed by atoms with Crippen molar-refractivity contribution in [2.75, 3.05) is 7.11 Å². The summed E-state index contributed by atoms with van der Waals surface area (Å²) in [5.74, 6) is -0.184. The molecular weight excluding hydrogens is 250 g/mol. The SMILES string of the molecule is CCC(NC1CCCC1)(C(=O)OC)c1ccc(C)cc1. The lowest BCUT2D eigenvalue weighted by atomic mass is 9.85. The Morgan fingerprint density at radius 3 is 2.40 bits per heavy atom. The van der Waals surface area contributed by atoms with E-state index in [1.807, 2.05) is 19.1 Å². The van der Waals surface area contributed by atoms with Gasteiger partial charge in [0.1, 0.15) is 5.54 Å². The minimum absolute atomic E-state index is 0.184. The van der Waals surface area contributed by atoms with Crippen molar-refractivity contribution >= 4 is 5.97 Å². The van der Waals surface area contributed by atoms with Crippen LogP contribution in [0.1, 0.15) is 50.2 Å². The Bertz CT molecular complexity index is 449. The highest BCUT2D eigenvalue weighted by molar-refractivity contribution is 5.82. The molecule has 0 bridgehead atoms. The van der Waals surface area contributed by atoms with Gasteiger partial charge in [-0.1, -0.05) is 49.6 Å². The summed E-state index contributed by atoms with van der Waals surface area (Å²) < 4.78 is 5.10. The lowest BCUT2D eigenvalue weighted by Gasteiger charge is -2.34. The Labute approximate surface area is 121 Å². The molecule has 1 aromatic rings. The molecule has 110 valence electrons. The Morgan fingerprint density at radius 2 is 1.90 bits per heavy atom. The van der Waals surface area contributed by atoms with Crippen molar-refractivity contribution in [3.63, 3.8) is 0 Å². The van der Waals surface area contributed by atoms with E-state index in [0.29, 0.717) is 12.5 Å². The van der Waals surface area contributed by atoms with E-state index >= 15 is 0 Å². The first-order chi connectivity index (χ1) is 9.62. The number of carbonyl (C=O) groups is 1. The van der Waals surface area contributed by atoms with E-state index < -0.39 is 5.54 Å². The third-order valence-corrected chi connectivity index (χ3v) is 4.41. The van der Waals surface area contributed by atoms with Gasteiger partial charge in [0.05, 0.1) is 7.11 Å². The molecule has 0 aliphatic heterocycles. The standard InChI is InChI=1S/C17H25NO2/c1-4-17(16(19)20-3,18-15-7-5-6-8-15)14-11-9-13(2)10-12-14/h9-12,15,18H,4-8H2,1-3H3. The zero-order valence-electron chi connectivity index (χ0n) is 12.7. The average Bonchev–Trinajstić information content (AvgIpc) is 2.98. The van der Waals surface area contributed by atoms with Crippen molar-refractivity contribution in [2.24, 2.45) is 0 Å². The Hall–Kier alpha value is -1.35. The zero-order valence-corrected chi connectivity index (χ0v) is 12.7. The number of esters is 1. The minimum atomic E-state index is -0.711. The van der Waals surface area contributed by atoms with Crippen LogP contribution in [0.15, 0.2) is 24.3 Å². The number of benzene rings is 1. The molecule has 20 heavy (non-hydrogen) atoms. The fourth-order valence-electron chi connectivity index (χ4n) is 3.14. The van der Waals surface area contributed by atoms with Crippen molar-refractivity contribution < 1.29 is 9.53 Å². The first-order valence-corrected chi connectivity index (χ1v) is 7.55. The molecule has 2 rings (SSSR count). The fraction of sp³-hybridized carbons (Fsp3) is 0.588. The maximum Gasteiger partial charge on any atom is 0.330 e. The Balaban J connectivity index is 2.35. The summed E-state index contributed by atoms with van der Waals surface area (Å²) in [5, 5.41) is 3.59.